The van der Waals surface area contributed by atoms with Gasteiger partial charge in [0.2, 0.25) is 0 Å². The first-order valence-corrected chi connectivity index (χ1v) is 8.59. The molecule has 0 aliphatic carbocycles. The summed E-state index contributed by atoms with van der Waals surface area (Å²) in [6.07, 6.45) is -3.39. The third kappa shape index (κ3) is 19.6. The van der Waals surface area contributed by atoms with E-state index in [2.05, 4.69) is 20.9 Å². The first kappa shape index (κ1) is 28.2. The maximum absolute atomic E-state index is 12.2. The molecule has 27 heavy (non-hydrogen) atoms. The van der Waals surface area contributed by atoms with Gasteiger partial charge in [0.05, 0.1) is 6.54 Å². The summed E-state index contributed by atoms with van der Waals surface area (Å²) in [6, 6.07) is 0. The number of ether oxygens (including phenoxy) is 1. The number of alkyl halides is 3. The Hall–Kier alpha value is -0.980. The van der Waals surface area contributed by atoms with Crippen LogP contribution < -0.4 is 16.0 Å². The van der Waals surface area contributed by atoms with Gasteiger partial charge in [0.25, 0.3) is 0 Å². The fourth-order valence-corrected chi connectivity index (χ4v) is 1.96. The topological polar surface area (TPSA) is 78.0 Å². The predicted octanol–water partition coefficient (Wildman–Crippen LogP) is 2.57. The number of hydrogen-bond donors (Lipinski definition) is 3. The zero-order valence-corrected chi connectivity index (χ0v) is 19.0. The first-order valence-electron chi connectivity index (χ1n) is 8.59. The summed E-state index contributed by atoms with van der Waals surface area (Å²) in [5.74, 6) is 0.570. The second-order valence-corrected chi connectivity index (χ2v) is 6.91. The van der Waals surface area contributed by atoms with Gasteiger partial charge in [-0.1, -0.05) is 0 Å². The van der Waals surface area contributed by atoms with Gasteiger partial charge >= 0.3 is 12.3 Å². The van der Waals surface area contributed by atoms with Gasteiger partial charge in [-0.05, 0) is 47.2 Å². The highest BCUT2D eigenvalue weighted by molar-refractivity contribution is 14.0. The van der Waals surface area contributed by atoms with Crippen molar-refractivity contribution in [2.75, 3.05) is 46.8 Å². The van der Waals surface area contributed by atoms with Crippen molar-refractivity contribution in [3.63, 3.8) is 0 Å². The highest BCUT2D eigenvalue weighted by Crippen LogP contribution is 2.15. The van der Waals surface area contributed by atoms with Gasteiger partial charge in [-0.15, -0.1) is 24.0 Å². The average Bonchev–Trinajstić information content (AvgIpc) is 2.45. The number of amides is 1. The molecule has 0 saturated heterocycles. The second-order valence-electron chi connectivity index (χ2n) is 6.91. The van der Waals surface area contributed by atoms with E-state index in [0.717, 1.165) is 0 Å². The number of nitrogens with zero attached hydrogens (tertiary/aromatic N) is 2. The van der Waals surface area contributed by atoms with Crippen molar-refractivity contribution in [1.29, 1.82) is 0 Å². The van der Waals surface area contributed by atoms with E-state index in [4.69, 9.17) is 4.74 Å². The molecule has 0 atom stereocenters. The molecule has 0 fully saturated rings. The molecule has 3 N–H and O–H groups in total. The van der Waals surface area contributed by atoms with Crippen LogP contribution in [0.3, 0.4) is 0 Å². The SMILES string of the molecule is CN=C(NCCCNC(=O)OC(C)(C)C)NCCCN(C)CC(F)(F)F.I. The van der Waals surface area contributed by atoms with Gasteiger partial charge in [-0.25, -0.2) is 4.79 Å². The van der Waals surface area contributed by atoms with Crippen LogP contribution in [-0.4, -0.2) is 75.5 Å². The third-order valence-electron chi connectivity index (χ3n) is 3.00. The van der Waals surface area contributed by atoms with Crippen molar-refractivity contribution in [1.82, 2.24) is 20.9 Å². The summed E-state index contributed by atoms with van der Waals surface area (Å²) in [7, 11) is 3.06. The molecule has 11 heteroatoms. The van der Waals surface area contributed by atoms with Crippen LogP contribution in [0.4, 0.5) is 18.0 Å². The number of carbonyl (C=O) groups excluding carboxylic acids is 1. The van der Waals surface area contributed by atoms with E-state index in [0.29, 0.717) is 45.0 Å². The highest BCUT2D eigenvalue weighted by Gasteiger charge is 2.28. The van der Waals surface area contributed by atoms with Crippen molar-refractivity contribution < 1.29 is 22.7 Å². The second kappa shape index (κ2) is 14.1. The van der Waals surface area contributed by atoms with E-state index in [1.165, 1.54) is 11.9 Å². The number of rotatable bonds is 9. The normalized spacial score (nSPS) is 12.4. The molecule has 0 aromatic rings. The van der Waals surface area contributed by atoms with Gasteiger partial charge in [0.15, 0.2) is 5.96 Å². The van der Waals surface area contributed by atoms with Gasteiger partial charge in [0.1, 0.15) is 5.60 Å². The van der Waals surface area contributed by atoms with Gasteiger partial charge in [-0.3, -0.25) is 9.89 Å². The van der Waals surface area contributed by atoms with Crippen molar-refractivity contribution in [2.24, 2.45) is 4.99 Å². The molecule has 0 unspecified atom stereocenters. The van der Waals surface area contributed by atoms with Crippen molar-refractivity contribution in [3.05, 3.63) is 0 Å². The predicted molar refractivity (Wildman–Crippen MR) is 112 cm³/mol. The Morgan fingerprint density at radius 2 is 1.56 bits per heavy atom. The zero-order valence-electron chi connectivity index (χ0n) is 16.7. The molecule has 0 radical (unpaired) electrons. The van der Waals surface area contributed by atoms with E-state index in [-0.39, 0.29) is 24.0 Å². The summed E-state index contributed by atoms with van der Waals surface area (Å²) in [5, 5.41) is 8.76. The number of halogens is 4. The molecule has 0 aliphatic heterocycles. The van der Waals surface area contributed by atoms with Gasteiger partial charge in [-0.2, -0.15) is 13.2 Å². The summed E-state index contributed by atoms with van der Waals surface area (Å²) < 4.78 is 41.8. The van der Waals surface area contributed by atoms with Crippen LogP contribution >= 0.6 is 24.0 Å². The van der Waals surface area contributed by atoms with Crippen LogP contribution in [0, 0.1) is 0 Å². The fraction of sp³-hybridized carbons (Fsp3) is 0.875. The summed E-state index contributed by atoms with van der Waals surface area (Å²) in [5.41, 5.74) is -0.525. The van der Waals surface area contributed by atoms with Crippen molar-refractivity contribution in [3.8, 4) is 0 Å². The van der Waals surface area contributed by atoms with E-state index in [1.54, 1.807) is 27.8 Å². The maximum Gasteiger partial charge on any atom is 0.407 e. The molecule has 7 nitrogen and oxygen atoms in total. The van der Waals surface area contributed by atoms with Crippen LogP contribution in [0.15, 0.2) is 4.99 Å². The number of alkyl carbamates (subject to hydrolysis) is 1. The minimum Gasteiger partial charge on any atom is -0.444 e. The Labute approximate surface area is 176 Å². The molecule has 0 spiro atoms. The monoisotopic (exact) mass is 511 g/mol. The van der Waals surface area contributed by atoms with Crippen LogP contribution in [0.1, 0.15) is 33.6 Å². The summed E-state index contributed by atoms with van der Waals surface area (Å²) in [6.45, 7) is 6.37. The Balaban J connectivity index is 0. The first-order chi connectivity index (χ1) is 11.9. The molecule has 0 rings (SSSR count). The van der Waals surface area contributed by atoms with Crippen molar-refractivity contribution in [2.45, 2.75) is 45.4 Å². The summed E-state index contributed by atoms with van der Waals surface area (Å²) >= 11 is 0. The maximum atomic E-state index is 12.2. The quantitative estimate of drug-likeness (QED) is 0.192. The molecule has 0 bridgehead atoms. The Kier molecular flexibility index (Phi) is 14.7. The van der Waals surface area contributed by atoms with E-state index in [1.807, 2.05) is 0 Å². The smallest absolute Gasteiger partial charge is 0.407 e. The molecule has 0 aliphatic rings. The molecule has 162 valence electrons. The summed E-state index contributed by atoms with van der Waals surface area (Å²) in [4.78, 5) is 16.7. The molecule has 0 aromatic carbocycles. The lowest BCUT2D eigenvalue weighted by Gasteiger charge is -2.20. The lowest BCUT2D eigenvalue weighted by atomic mass is 10.2. The van der Waals surface area contributed by atoms with Crippen LogP contribution in [0.5, 0.6) is 0 Å². The fourth-order valence-electron chi connectivity index (χ4n) is 1.96. The molecule has 0 heterocycles. The number of nitrogens with one attached hydrogen (secondary N) is 3. The molecular formula is C16H33F3IN5O2. The molecule has 0 saturated carbocycles. The minimum atomic E-state index is -4.17. The third-order valence-corrected chi connectivity index (χ3v) is 3.00. The average molecular weight is 511 g/mol. The Morgan fingerprint density at radius 1 is 1.04 bits per heavy atom. The standard InChI is InChI=1S/C16H32F3N5O2.HI/c1-15(2,3)26-14(25)23-9-6-8-21-13(20-4)22-10-7-11-24(5)12-16(17,18)19;/h6-12H2,1-5H3,(H,23,25)(H2,20,21,22);1H. The number of carbonyl (C=O) groups is 1. The van der Waals surface area contributed by atoms with Gasteiger partial charge in [0, 0.05) is 26.7 Å². The Bertz CT molecular complexity index is 443. The minimum absolute atomic E-state index is 0. The number of guanidine groups is 1. The molecule has 1 amide bonds. The van der Waals surface area contributed by atoms with Gasteiger partial charge < -0.3 is 20.7 Å². The van der Waals surface area contributed by atoms with Crippen molar-refractivity contribution >= 4 is 36.0 Å². The van der Waals surface area contributed by atoms with Crippen LogP contribution in [-0.2, 0) is 4.74 Å². The largest absolute Gasteiger partial charge is 0.444 e. The zero-order chi connectivity index (χ0) is 20.2. The number of aliphatic imine (C=N–C) groups is 1. The van der Waals surface area contributed by atoms with E-state index >= 15 is 0 Å². The van der Waals surface area contributed by atoms with Crippen LogP contribution in [0.25, 0.3) is 0 Å². The molecular weight excluding hydrogens is 478 g/mol. The number of hydrogen-bond acceptors (Lipinski definition) is 4. The lowest BCUT2D eigenvalue weighted by molar-refractivity contribution is -0.143. The van der Waals surface area contributed by atoms with E-state index < -0.39 is 24.4 Å². The lowest BCUT2D eigenvalue weighted by Crippen LogP contribution is -2.40. The highest BCUT2D eigenvalue weighted by atomic mass is 127. The Morgan fingerprint density at radius 3 is 2.04 bits per heavy atom. The van der Waals surface area contributed by atoms with Crippen LogP contribution in [0.2, 0.25) is 0 Å². The van der Waals surface area contributed by atoms with E-state index in [9.17, 15) is 18.0 Å². The molecule has 0 aromatic heterocycles.